The maximum atomic E-state index is 12.5. The second-order valence-corrected chi connectivity index (χ2v) is 7.69. The standard InChI is InChI=1S/C24H27N3O5/c28-21(15-17-9-3-1-4-10-17)26-20-14-8-7-13-19(20)23(30)32-16-22(29)27-24(31)25-18-11-5-2-6-12-18/h1,3-4,7-10,13-14,18H,2,5-6,11-12,15-16H2,(H,26,28)(H2,25,27,29,31). The third kappa shape index (κ3) is 7.23. The lowest BCUT2D eigenvalue weighted by atomic mass is 9.96. The smallest absolute Gasteiger partial charge is 0.340 e. The maximum Gasteiger partial charge on any atom is 0.340 e. The van der Waals surface area contributed by atoms with Gasteiger partial charge in [0.2, 0.25) is 5.91 Å². The highest BCUT2D eigenvalue weighted by molar-refractivity contribution is 6.02. The molecule has 0 aliphatic heterocycles. The lowest BCUT2D eigenvalue weighted by molar-refractivity contribution is -0.123. The molecule has 0 heterocycles. The summed E-state index contributed by atoms with van der Waals surface area (Å²) in [5, 5.41) is 7.63. The molecule has 1 fully saturated rings. The second kappa shape index (κ2) is 11.6. The molecule has 2 aromatic carbocycles. The number of urea groups is 1. The number of esters is 1. The van der Waals surface area contributed by atoms with Crippen LogP contribution in [0.5, 0.6) is 0 Å². The number of benzene rings is 2. The first-order valence-electron chi connectivity index (χ1n) is 10.7. The zero-order valence-corrected chi connectivity index (χ0v) is 17.8. The van der Waals surface area contributed by atoms with Crippen molar-refractivity contribution < 1.29 is 23.9 Å². The number of carbonyl (C=O) groups excluding carboxylic acids is 4. The van der Waals surface area contributed by atoms with Gasteiger partial charge in [0.05, 0.1) is 17.7 Å². The van der Waals surface area contributed by atoms with Crippen LogP contribution in [-0.4, -0.2) is 36.5 Å². The minimum atomic E-state index is -0.775. The average Bonchev–Trinajstić information content (AvgIpc) is 2.79. The van der Waals surface area contributed by atoms with Crippen LogP contribution in [0.25, 0.3) is 0 Å². The van der Waals surface area contributed by atoms with Crippen molar-refractivity contribution in [2.45, 2.75) is 44.6 Å². The highest BCUT2D eigenvalue weighted by atomic mass is 16.5. The van der Waals surface area contributed by atoms with Gasteiger partial charge in [0.1, 0.15) is 0 Å². The molecule has 0 unspecified atom stereocenters. The molecule has 0 bridgehead atoms. The van der Waals surface area contributed by atoms with Crippen molar-refractivity contribution >= 4 is 29.5 Å². The number of amides is 4. The van der Waals surface area contributed by atoms with E-state index in [4.69, 9.17) is 4.74 Å². The van der Waals surface area contributed by atoms with Crippen molar-refractivity contribution in [2.75, 3.05) is 11.9 Å². The fraction of sp³-hybridized carbons (Fsp3) is 0.333. The van der Waals surface area contributed by atoms with Gasteiger partial charge in [0, 0.05) is 6.04 Å². The van der Waals surface area contributed by atoms with E-state index in [2.05, 4.69) is 16.0 Å². The van der Waals surface area contributed by atoms with Crippen molar-refractivity contribution in [1.82, 2.24) is 10.6 Å². The molecule has 8 heteroatoms. The molecular weight excluding hydrogens is 410 g/mol. The normalized spacial score (nSPS) is 13.6. The summed E-state index contributed by atoms with van der Waals surface area (Å²) >= 11 is 0. The first-order chi connectivity index (χ1) is 15.5. The van der Waals surface area contributed by atoms with Gasteiger partial charge in [-0.1, -0.05) is 61.7 Å². The van der Waals surface area contributed by atoms with Gasteiger partial charge in [0.15, 0.2) is 6.61 Å². The summed E-state index contributed by atoms with van der Waals surface area (Å²) in [6.07, 6.45) is 5.20. The summed E-state index contributed by atoms with van der Waals surface area (Å²) in [6.45, 7) is -0.608. The third-order valence-electron chi connectivity index (χ3n) is 5.16. The molecule has 32 heavy (non-hydrogen) atoms. The minimum absolute atomic E-state index is 0.0606. The van der Waals surface area contributed by atoms with E-state index in [0.29, 0.717) is 0 Å². The van der Waals surface area contributed by atoms with E-state index >= 15 is 0 Å². The van der Waals surface area contributed by atoms with Gasteiger partial charge in [-0.15, -0.1) is 0 Å². The second-order valence-electron chi connectivity index (χ2n) is 7.69. The fourth-order valence-corrected chi connectivity index (χ4v) is 3.59. The summed E-state index contributed by atoms with van der Waals surface area (Å²) in [5.74, 6) is -1.78. The predicted molar refractivity (Wildman–Crippen MR) is 119 cm³/mol. The lowest BCUT2D eigenvalue weighted by Crippen LogP contribution is -2.46. The first kappa shape index (κ1) is 23.0. The quantitative estimate of drug-likeness (QED) is 0.576. The Balaban J connectivity index is 1.48. The van der Waals surface area contributed by atoms with E-state index in [1.165, 1.54) is 6.07 Å². The molecule has 0 atom stereocenters. The number of hydrogen-bond acceptors (Lipinski definition) is 5. The van der Waals surface area contributed by atoms with Crippen LogP contribution in [0.15, 0.2) is 54.6 Å². The van der Waals surface area contributed by atoms with Gasteiger partial charge in [-0.25, -0.2) is 9.59 Å². The van der Waals surface area contributed by atoms with E-state index in [1.54, 1.807) is 18.2 Å². The van der Waals surface area contributed by atoms with Gasteiger partial charge in [-0.05, 0) is 30.5 Å². The Morgan fingerprint density at radius 3 is 2.28 bits per heavy atom. The van der Waals surface area contributed by atoms with Crippen LogP contribution in [0.4, 0.5) is 10.5 Å². The number of hydrogen-bond donors (Lipinski definition) is 3. The van der Waals surface area contributed by atoms with Crippen LogP contribution in [0.2, 0.25) is 0 Å². The lowest BCUT2D eigenvalue weighted by Gasteiger charge is -2.22. The number of para-hydroxylation sites is 1. The van der Waals surface area contributed by atoms with E-state index in [1.807, 2.05) is 30.3 Å². The van der Waals surface area contributed by atoms with Crippen LogP contribution in [0.3, 0.4) is 0 Å². The molecule has 2 aromatic rings. The maximum absolute atomic E-state index is 12.5. The van der Waals surface area contributed by atoms with E-state index in [0.717, 1.165) is 37.7 Å². The molecule has 8 nitrogen and oxygen atoms in total. The summed E-state index contributed by atoms with van der Waals surface area (Å²) in [7, 11) is 0. The van der Waals surface area contributed by atoms with Gasteiger partial charge in [0.25, 0.3) is 5.91 Å². The monoisotopic (exact) mass is 437 g/mol. The Morgan fingerprint density at radius 1 is 0.844 bits per heavy atom. The zero-order chi connectivity index (χ0) is 22.8. The first-order valence-corrected chi connectivity index (χ1v) is 10.7. The Hall–Kier alpha value is -3.68. The number of carbonyl (C=O) groups is 4. The Bertz CT molecular complexity index is 955. The molecule has 3 N–H and O–H groups in total. The van der Waals surface area contributed by atoms with Gasteiger partial charge in [-0.3, -0.25) is 14.9 Å². The van der Waals surface area contributed by atoms with Crippen molar-refractivity contribution in [2.24, 2.45) is 0 Å². The van der Waals surface area contributed by atoms with Gasteiger partial charge in [-0.2, -0.15) is 0 Å². The molecule has 1 saturated carbocycles. The molecular formula is C24H27N3O5. The zero-order valence-electron chi connectivity index (χ0n) is 17.8. The van der Waals surface area contributed by atoms with E-state index in [-0.39, 0.29) is 29.6 Å². The SMILES string of the molecule is O=C(COC(=O)c1ccccc1NC(=O)Cc1ccccc1)NC(=O)NC1CCCCC1. The average molecular weight is 437 g/mol. The van der Waals surface area contributed by atoms with Crippen LogP contribution in [-0.2, 0) is 20.7 Å². The Kier molecular flexibility index (Phi) is 8.36. The molecule has 0 radical (unpaired) electrons. The Morgan fingerprint density at radius 2 is 1.53 bits per heavy atom. The predicted octanol–water partition coefficient (Wildman–Crippen LogP) is 3.18. The third-order valence-corrected chi connectivity index (χ3v) is 5.16. The summed E-state index contributed by atoms with van der Waals surface area (Å²) in [5.41, 5.74) is 1.25. The highest BCUT2D eigenvalue weighted by Crippen LogP contribution is 2.18. The van der Waals surface area contributed by atoms with E-state index < -0.39 is 24.5 Å². The van der Waals surface area contributed by atoms with Crippen molar-refractivity contribution in [3.05, 3.63) is 65.7 Å². The molecule has 4 amide bonds. The van der Waals surface area contributed by atoms with Crippen molar-refractivity contribution in [3.8, 4) is 0 Å². The largest absolute Gasteiger partial charge is 0.452 e. The summed E-state index contributed by atoms with van der Waals surface area (Å²) in [6, 6.07) is 15.1. The fourth-order valence-electron chi connectivity index (χ4n) is 3.59. The number of rotatable bonds is 7. The molecule has 0 aromatic heterocycles. The van der Waals surface area contributed by atoms with Crippen LogP contribution in [0, 0.1) is 0 Å². The molecule has 1 aliphatic carbocycles. The molecule has 168 valence electrons. The van der Waals surface area contributed by atoms with Crippen molar-refractivity contribution in [1.29, 1.82) is 0 Å². The molecule has 0 saturated heterocycles. The number of nitrogens with one attached hydrogen (secondary N) is 3. The number of anilines is 1. The van der Waals surface area contributed by atoms with Crippen LogP contribution in [0.1, 0.15) is 48.0 Å². The van der Waals surface area contributed by atoms with Crippen LogP contribution < -0.4 is 16.0 Å². The summed E-state index contributed by atoms with van der Waals surface area (Å²) < 4.78 is 5.04. The topological polar surface area (TPSA) is 114 Å². The van der Waals surface area contributed by atoms with Gasteiger partial charge < -0.3 is 15.4 Å². The van der Waals surface area contributed by atoms with Crippen molar-refractivity contribution in [3.63, 3.8) is 0 Å². The minimum Gasteiger partial charge on any atom is -0.452 e. The number of imide groups is 1. The van der Waals surface area contributed by atoms with E-state index in [9.17, 15) is 19.2 Å². The van der Waals surface area contributed by atoms with Gasteiger partial charge >= 0.3 is 12.0 Å². The molecule has 0 spiro atoms. The van der Waals surface area contributed by atoms with Crippen LogP contribution >= 0.6 is 0 Å². The molecule has 3 rings (SSSR count). The highest BCUT2D eigenvalue weighted by Gasteiger charge is 2.19. The number of ether oxygens (including phenoxy) is 1. The molecule has 1 aliphatic rings. The Labute approximate surface area is 186 Å². The summed E-state index contributed by atoms with van der Waals surface area (Å²) in [4.78, 5) is 48.7.